The van der Waals surface area contributed by atoms with Crippen molar-refractivity contribution in [3.8, 4) is 0 Å². The largest absolute Gasteiger partial charge is 0.114 e. The highest BCUT2D eigenvalue weighted by molar-refractivity contribution is 7.23. The highest BCUT2D eigenvalue weighted by Gasteiger charge is 2.51. The van der Waals surface area contributed by atoms with Gasteiger partial charge in [-0.2, -0.15) is 0 Å². The van der Waals surface area contributed by atoms with E-state index in [4.69, 9.17) is 0 Å². The second-order valence-corrected chi connectivity index (χ2v) is 26.1. The van der Waals surface area contributed by atoms with Crippen LogP contribution in [0.4, 0.5) is 0 Å². The van der Waals surface area contributed by atoms with E-state index < -0.39 is 24.2 Å². The first-order valence-corrected chi connectivity index (χ1v) is 23.2. The van der Waals surface area contributed by atoms with Gasteiger partial charge in [-0.25, -0.2) is 0 Å². The van der Waals surface area contributed by atoms with Gasteiger partial charge in [-0.15, -0.1) is 0 Å². The van der Waals surface area contributed by atoms with Crippen LogP contribution in [0.15, 0.2) is 182 Å². The van der Waals surface area contributed by atoms with Crippen LogP contribution >= 0.6 is 0 Å². The van der Waals surface area contributed by atoms with Gasteiger partial charge in [0.05, 0.1) is 0 Å². The van der Waals surface area contributed by atoms with Crippen LogP contribution in [0.3, 0.4) is 0 Å². The van der Waals surface area contributed by atoms with Crippen molar-refractivity contribution in [2.75, 3.05) is 0 Å². The fourth-order valence-corrected chi connectivity index (χ4v) is 31.5. The fourth-order valence-electron chi connectivity index (χ4n) is 7.32. The molecule has 0 saturated heterocycles. The Morgan fingerprint density at radius 1 is 0.279 bits per heavy atom. The molecule has 0 saturated carbocycles. The molecule has 0 bridgehead atoms. The molecule has 0 fully saturated rings. The molecule has 6 rings (SSSR count). The van der Waals surface area contributed by atoms with Gasteiger partial charge in [0.25, 0.3) is 0 Å². The summed E-state index contributed by atoms with van der Waals surface area (Å²) in [5, 5.41) is 9.19. The van der Waals surface area contributed by atoms with Gasteiger partial charge in [0, 0.05) is 0 Å². The smallest absolute Gasteiger partial charge is 0.0626 e. The first-order chi connectivity index (χ1) is 21.0. The summed E-state index contributed by atoms with van der Waals surface area (Å²) in [4.78, 5) is 0. The third-order valence-electron chi connectivity index (χ3n) is 9.61. The van der Waals surface area contributed by atoms with E-state index in [1.807, 2.05) is 0 Å². The minimum atomic E-state index is -2.43. The van der Waals surface area contributed by atoms with Crippen LogP contribution in [0.2, 0.25) is 24.4 Å². The number of hydrogen-bond donors (Lipinski definition) is 0. The standard InChI is InChI=1S/C40H40Si3/c1-41(35-21-9-3-10-22-35,36-23-11-4-12-24-36)33-43(39-29-17-7-18-30-39,40-31-19-8-20-32-40)34-42(2,37-25-13-5-14-26-37)38-27-15-6-16-28-38/h3-32H,33-34H2,1-2H3. The van der Waals surface area contributed by atoms with Gasteiger partial charge in [-0.1, -0.05) is 226 Å². The van der Waals surface area contributed by atoms with Gasteiger partial charge in [0.1, 0.15) is 24.2 Å². The molecule has 0 heterocycles. The van der Waals surface area contributed by atoms with Crippen molar-refractivity contribution < 1.29 is 0 Å². The molecule has 0 aromatic heterocycles. The fraction of sp³-hybridized carbons (Fsp3) is 0.100. The summed E-state index contributed by atoms with van der Waals surface area (Å²) in [6, 6.07) is 69.1. The van der Waals surface area contributed by atoms with E-state index >= 15 is 0 Å². The first kappa shape index (κ1) is 29.1. The Bertz CT molecular complexity index is 1490. The lowest BCUT2D eigenvalue weighted by Crippen LogP contribution is -2.73. The van der Waals surface area contributed by atoms with Crippen molar-refractivity contribution in [1.29, 1.82) is 0 Å². The van der Waals surface area contributed by atoms with E-state index in [2.05, 4.69) is 195 Å². The SMILES string of the molecule is C[Si](C[Si](C[Si](C)(c1ccccc1)c1ccccc1)(c1ccccc1)c1ccccc1)(c1ccccc1)c1ccccc1. The van der Waals surface area contributed by atoms with Crippen molar-refractivity contribution in [3.05, 3.63) is 182 Å². The summed E-state index contributed by atoms with van der Waals surface area (Å²) in [5.74, 6) is 0. The minimum Gasteiger partial charge on any atom is -0.0626 e. The van der Waals surface area contributed by atoms with Crippen LogP contribution < -0.4 is 31.1 Å². The highest BCUT2D eigenvalue weighted by Crippen LogP contribution is 2.29. The summed E-state index contributed by atoms with van der Waals surface area (Å²) in [7, 11) is -6.87. The third kappa shape index (κ3) is 5.81. The normalized spacial score (nSPS) is 12.1. The molecule has 0 aliphatic heterocycles. The molecule has 0 nitrogen and oxygen atoms in total. The van der Waals surface area contributed by atoms with E-state index in [-0.39, 0.29) is 0 Å². The van der Waals surface area contributed by atoms with Gasteiger partial charge in [0.15, 0.2) is 0 Å². The summed E-state index contributed by atoms with van der Waals surface area (Å²) in [6.07, 6.45) is 0. The van der Waals surface area contributed by atoms with Crippen LogP contribution in [0.25, 0.3) is 0 Å². The quantitative estimate of drug-likeness (QED) is 0.166. The molecule has 0 N–H and O–H groups in total. The maximum Gasteiger partial charge on any atom is 0.114 e. The summed E-state index contributed by atoms with van der Waals surface area (Å²) in [6.45, 7) is 5.27. The van der Waals surface area contributed by atoms with E-state index in [0.29, 0.717) is 0 Å². The lowest BCUT2D eigenvalue weighted by molar-refractivity contribution is 1.51. The van der Waals surface area contributed by atoms with E-state index in [9.17, 15) is 0 Å². The van der Waals surface area contributed by atoms with Crippen LogP contribution in [-0.4, -0.2) is 24.2 Å². The molecule has 0 radical (unpaired) electrons. The zero-order chi connectivity index (χ0) is 29.6. The summed E-state index contributed by atoms with van der Waals surface area (Å²) in [5.41, 5.74) is 2.43. The predicted octanol–water partition coefficient (Wildman–Crippen LogP) is 6.11. The van der Waals surface area contributed by atoms with Crippen molar-refractivity contribution in [2.24, 2.45) is 0 Å². The van der Waals surface area contributed by atoms with Gasteiger partial charge in [0.2, 0.25) is 0 Å². The molecule has 0 amide bonds. The molecule has 0 atom stereocenters. The van der Waals surface area contributed by atoms with E-state index in [1.165, 1.54) is 32.1 Å². The van der Waals surface area contributed by atoms with E-state index in [0.717, 1.165) is 0 Å². The Morgan fingerprint density at radius 2 is 0.465 bits per heavy atom. The Morgan fingerprint density at radius 3 is 0.674 bits per heavy atom. The monoisotopic (exact) mass is 604 g/mol. The van der Waals surface area contributed by atoms with Crippen LogP contribution in [0.1, 0.15) is 0 Å². The van der Waals surface area contributed by atoms with Crippen LogP contribution in [-0.2, 0) is 0 Å². The van der Waals surface area contributed by atoms with Crippen molar-refractivity contribution in [2.45, 2.75) is 24.4 Å². The van der Waals surface area contributed by atoms with Crippen molar-refractivity contribution >= 4 is 55.3 Å². The molecule has 0 aliphatic rings. The summed E-state index contributed by atoms with van der Waals surface area (Å²) < 4.78 is 0. The Balaban J connectivity index is 1.66. The molecule has 212 valence electrons. The Kier molecular flexibility index (Phi) is 8.57. The summed E-state index contributed by atoms with van der Waals surface area (Å²) >= 11 is 0. The first-order valence-electron chi connectivity index (χ1n) is 15.4. The molecule has 0 spiro atoms. The highest BCUT2D eigenvalue weighted by atomic mass is 28.4. The topological polar surface area (TPSA) is 0 Å². The van der Waals surface area contributed by atoms with Gasteiger partial charge in [-0.05, 0) is 11.3 Å². The van der Waals surface area contributed by atoms with Crippen molar-refractivity contribution in [3.63, 3.8) is 0 Å². The molecule has 3 heteroatoms. The maximum atomic E-state index is 2.63. The minimum absolute atomic E-state index is 1.21. The predicted molar refractivity (Wildman–Crippen MR) is 195 cm³/mol. The zero-order valence-corrected chi connectivity index (χ0v) is 28.2. The average molecular weight is 605 g/mol. The Hall–Kier alpha value is -4.03. The third-order valence-corrected chi connectivity index (χ3v) is 29.4. The van der Waals surface area contributed by atoms with Crippen LogP contribution in [0, 0.1) is 0 Å². The Labute approximate surface area is 260 Å². The molecule has 0 aliphatic carbocycles. The zero-order valence-electron chi connectivity index (χ0n) is 25.2. The number of benzene rings is 6. The lowest BCUT2D eigenvalue weighted by atomic mass is 10.4. The van der Waals surface area contributed by atoms with Crippen molar-refractivity contribution in [1.82, 2.24) is 0 Å². The van der Waals surface area contributed by atoms with Gasteiger partial charge in [-0.3, -0.25) is 0 Å². The second-order valence-electron chi connectivity index (χ2n) is 12.3. The van der Waals surface area contributed by atoms with Gasteiger partial charge >= 0.3 is 0 Å². The average Bonchev–Trinajstić information content (AvgIpc) is 3.10. The maximum absolute atomic E-state index is 2.63. The molecule has 0 unspecified atom stereocenters. The number of hydrogen-bond acceptors (Lipinski definition) is 0. The van der Waals surface area contributed by atoms with Crippen LogP contribution in [0.5, 0.6) is 0 Å². The van der Waals surface area contributed by atoms with E-state index in [1.54, 1.807) is 10.4 Å². The number of rotatable bonds is 10. The molecule has 6 aromatic carbocycles. The molecular weight excluding hydrogens is 565 g/mol. The molecule has 43 heavy (non-hydrogen) atoms. The molecular formula is C40H40Si3. The van der Waals surface area contributed by atoms with Gasteiger partial charge < -0.3 is 0 Å². The second kappa shape index (κ2) is 12.7. The lowest BCUT2D eigenvalue weighted by Gasteiger charge is -2.45. The molecule has 6 aromatic rings.